The molecule has 45 heavy (non-hydrogen) atoms. The zero-order valence-corrected chi connectivity index (χ0v) is 27.1. The van der Waals surface area contributed by atoms with Crippen molar-refractivity contribution in [2.75, 3.05) is 0 Å². The third kappa shape index (κ3) is 9.79. The zero-order chi connectivity index (χ0) is 32.0. The molecule has 4 fully saturated rings. The van der Waals surface area contributed by atoms with E-state index in [4.69, 9.17) is 4.74 Å². The van der Waals surface area contributed by atoms with Crippen LogP contribution in [0.1, 0.15) is 147 Å². The molecule has 8 heteroatoms. The van der Waals surface area contributed by atoms with Gasteiger partial charge in [0.2, 0.25) is 0 Å². The third-order valence-corrected chi connectivity index (χ3v) is 12.2. The Morgan fingerprint density at radius 3 is 1.71 bits per heavy atom. The number of hydrogen-bond donors (Lipinski definition) is 0. The highest BCUT2D eigenvalue weighted by Gasteiger charge is 2.46. The fourth-order valence-corrected chi connectivity index (χ4v) is 9.46. The second-order valence-corrected chi connectivity index (χ2v) is 15.0. The molecule has 4 aliphatic rings. The van der Waals surface area contributed by atoms with Gasteiger partial charge >= 0.3 is 12.5 Å². The largest absolute Gasteiger partial charge is 0.573 e. The lowest BCUT2D eigenvalue weighted by Crippen LogP contribution is -2.39. The molecule has 1 aromatic rings. The molecular weight excluding hydrogens is 590 g/mol. The fraction of sp³-hybridized carbons (Fsp3) is 0.838. The Morgan fingerprint density at radius 2 is 1.20 bits per heavy atom. The van der Waals surface area contributed by atoms with E-state index in [-0.39, 0.29) is 5.92 Å². The van der Waals surface area contributed by atoms with Crippen LogP contribution in [-0.4, -0.2) is 18.6 Å². The highest BCUT2D eigenvalue weighted by molar-refractivity contribution is 5.31. The van der Waals surface area contributed by atoms with Crippen molar-refractivity contribution in [1.29, 1.82) is 0 Å². The smallest absolute Gasteiger partial charge is 0.403 e. The maximum Gasteiger partial charge on any atom is 0.573 e. The summed E-state index contributed by atoms with van der Waals surface area (Å²) in [6, 6.07) is 3.47. The molecule has 2 nitrogen and oxygen atoms in total. The zero-order valence-electron chi connectivity index (χ0n) is 27.1. The van der Waals surface area contributed by atoms with Crippen molar-refractivity contribution in [2.24, 2.45) is 35.5 Å². The van der Waals surface area contributed by atoms with E-state index in [1.54, 1.807) is 0 Å². The Bertz CT molecular complexity index is 1030. The van der Waals surface area contributed by atoms with Gasteiger partial charge in [0, 0.05) is 0 Å². The minimum absolute atomic E-state index is 0.107. The van der Waals surface area contributed by atoms with E-state index in [0.717, 1.165) is 42.7 Å². The second-order valence-electron chi connectivity index (χ2n) is 15.0. The summed E-state index contributed by atoms with van der Waals surface area (Å²) in [6.45, 7) is 2.28. The van der Waals surface area contributed by atoms with Crippen LogP contribution in [0.15, 0.2) is 18.2 Å². The lowest BCUT2D eigenvalue weighted by Gasteiger charge is -2.42. The van der Waals surface area contributed by atoms with Gasteiger partial charge in [-0.2, -0.15) is 8.78 Å². The average Bonchev–Trinajstić information content (AvgIpc) is 3.02. The third-order valence-electron chi connectivity index (χ3n) is 12.2. The van der Waals surface area contributed by atoms with E-state index in [0.29, 0.717) is 55.9 Å². The molecule has 0 bridgehead atoms. The van der Waals surface area contributed by atoms with E-state index in [1.165, 1.54) is 83.1 Å². The fourth-order valence-electron chi connectivity index (χ4n) is 9.46. The van der Waals surface area contributed by atoms with Crippen molar-refractivity contribution in [2.45, 2.75) is 160 Å². The molecular formula is C37H54F6O2. The van der Waals surface area contributed by atoms with Gasteiger partial charge < -0.3 is 9.47 Å². The van der Waals surface area contributed by atoms with Crippen LogP contribution in [-0.2, 0) is 4.74 Å². The van der Waals surface area contributed by atoms with Crippen molar-refractivity contribution in [1.82, 2.24) is 0 Å². The molecule has 4 aliphatic carbocycles. The molecule has 1 aromatic carbocycles. The van der Waals surface area contributed by atoms with Crippen molar-refractivity contribution in [3.63, 3.8) is 0 Å². The summed E-state index contributed by atoms with van der Waals surface area (Å²) >= 11 is 0. The van der Waals surface area contributed by atoms with Gasteiger partial charge in [0.1, 0.15) is 0 Å². The van der Waals surface area contributed by atoms with Gasteiger partial charge in [-0.1, -0.05) is 51.5 Å². The van der Waals surface area contributed by atoms with Crippen LogP contribution < -0.4 is 4.74 Å². The average molecular weight is 645 g/mol. The summed E-state index contributed by atoms with van der Waals surface area (Å²) in [5.41, 5.74) is 0.560. The molecule has 4 saturated carbocycles. The number of unbranched alkanes of at least 4 members (excludes halogenated alkanes) is 2. The summed E-state index contributed by atoms with van der Waals surface area (Å²) in [4.78, 5) is 0. The summed E-state index contributed by atoms with van der Waals surface area (Å²) in [6.07, 6.45) is 12.4. The molecule has 0 heterocycles. The molecule has 0 aliphatic heterocycles. The van der Waals surface area contributed by atoms with Gasteiger partial charge in [0.05, 0.1) is 12.0 Å². The summed E-state index contributed by atoms with van der Waals surface area (Å²) < 4.78 is 91.3. The van der Waals surface area contributed by atoms with E-state index < -0.39 is 36.1 Å². The number of alkyl halides is 5. The maximum absolute atomic E-state index is 15.3. The van der Waals surface area contributed by atoms with E-state index in [9.17, 15) is 17.6 Å². The van der Waals surface area contributed by atoms with Gasteiger partial charge in [0.25, 0.3) is 0 Å². The van der Waals surface area contributed by atoms with E-state index in [1.807, 2.05) is 0 Å². The Balaban J connectivity index is 0.997. The topological polar surface area (TPSA) is 18.5 Å². The predicted molar refractivity (Wildman–Crippen MR) is 165 cm³/mol. The molecule has 0 aromatic heterocycles. The standard InChI is InChI=1S/C37H54F6O2/c1-2-3-4-5-25-6-8-26(9-7-25)27-10-12-28(13-11-27)29-14-19-32(20-15-29)36(39,40)44-33-21-16-30(17-22-33)31-18-23-35(34(38)24-31)45-37(41,42)43/h18,23-30,32-33H,2-17,19-22H2,1H3. The molecule has 0 amide bonds. The molecule has 0 unspecified atom stereocenters. The summed E-state index contributed by atoms with van der Waals surface area (Å²) in [5.74, 6) is 1.21. The molecule has 0 radical (unpaired) electrons. The summed E-state index contributed by atoms with van der Waals surface area (Å²) in [5, 5.41) is 0. The predicted octanol–water partition coefficient (Wildman–Crippen LogP) is 12.4. The Hall–Kier alpha value is -1.44. The first-order valence-corrected chi connectivity index (χ1v) is 18.1. The second kappa shape index (κ2) is 15.6. The highest BCUT2D eigenvalue weighted by Crippen LogP contribution is 2.49. The van der Waals surface area contributed by atoms with Gasteiger partial charge in [0.15, 0.2) is 11.6 Å². The minimum Gasteiger partial charge on any atom is -0.403 e. The first-order chi connectivity index (χ1) is 21.5. The van der Waals surface area contributed by atoms with Gasteiger partial charge in [-0.05, 0) is 143 Å². The quantitative estimate of drug-likeness (QED) is 0.176. The van der Waals surface area contributed by atoms with Crippen LogP contribution in [0.3, 0.4) is 0 Å². The molecule has 0 atom stereocenters. The first kappa shape index (κ1) is 34.9. The number of halogens is 6. The van der Waals surface area contributed by atoms with Gasteiger partial charge in [-0.3, -0.25) is 0 Å². The SMILES string of the molecule is CCCCCC1CCC(C2CCC(C3CCC(C(F)(F)OC4CCC(c5ccc(OC(F)(F)F)c(F)c5)CC4)CC3)CC2)CC1. The molecule has 0 N–H and O–H groups in total. The maximum atomic E-state index is 15.3. The number of ether oxygens (including phenoxy) is 2. The van der Waals surface area contributed by atoms with Crippen LogP contribution in [0.2, 0.25) is 0 Å². The van der Waals surface area contributed by atoms with E-state index in [2.05, 4.69) is 11.7 Å². The monoisotopic (exact) mass is 644 g/mol. The van der Waals surface area contributed by atoms with Crippen molar-refractivity contribution >= 4 is 0 Å². The Morgan fingerprint density at radius 1 is 0.667 bits per heavy atom. The Kier molecular flexibility index (Phi) is 12.1. The van der Waals surface area contributed by atoms with Gasteiger partial charge in [-0.25, -0.2) is 4.39 Å². The molecule has 5 rings (SSSR count). The molecule has 0 saturated heterocycles. The minimum atomic E-state index is -4.96. The van der Waals surface area contributed by atoms with E-state index >= 15 is 8.78 Å². The molecule has 0 spiro atoms. The molecule has 256 valence electrons. The number of benzene rings is 1. The lowest BCUT2D eigenvalue weighted by atomic mass is 9.65. The van der Waals surface area contributed by atoms with Crippen molar-refractivity contribution < 1.29 is 35.8 Å². The van der Waals surface area contributed by atoms with Crippen LogP contribution >= 0.6 is 0 Å². The van der Waals surface area contributed by atoms with Crippen molar-refractivity contribution in [3.8, 4) is 5.75 Å². The summed E-state index contributed by atoms with van der Waals surface area (Å²) in [7, 11) is 0. The first-order valence-electron chi connectivity index (χ1n) is 18.1. The van der Waals surface area contributed by atoms with Crippen molar-refractivity contribution in [3.05, 3.63) is 29.6 Å². The van der Waals surface area contributed by atoms with Crippen LogP contribution in [0.5, 0.6) is 5.75 Å². The lowest BCUT2D eigenvalue weighted by molar-refractivity contribution is -0.301. The highest BCUT2D eigenvalue weighted by atomic mass is 19.4. The van der Waals surface area contributed by atoms with Crippen LogP contribution in [0, 0.1) is 41.3 Å². The Labute approximate surface area is 266 Å². The van der Waals surface area contributed by atoms with Gasteiger partial charge in [-0.15, -0.1) is 13.2 Å². The van der Waals surface area contributed by atoms with Crippen LogP contribution in [0.25, 0.3) is 0 Å². The van der Waals surface area contributed by atoms with Crippen LogP contribution in [0.4, 0.5) is 26.3 Å². The number of rotatable bonds is 11. The normalized spacial score (nSPS) is 33.6. The number of hydrogen-bond acceptors (Lipinski definition) is 2.